The lowest BCUT2D eigenvalue weighted by Gasteiger charge is -2.37. The molecule has 0 amide bonds. The highest BCUT2D eigenvalue weighted by atomic mass is 31.2. The third-order valence-corrected chi connectivity index (χ3v) is 7.72. The van der Waals surface area contributed by atoms with Crippen LogP contribution in [0.1, 0.15) is 31.4 Å². The van der Waals surface area contributed by atoms with E-state index in [2.05, 4.69) is 0 Å². The van der Waals surface area contributed by atoms with Gasteiger partial charge in [-0.05, 0) is 17.5 Å². The summed E-state index contributed by atoms with van der Waals surface area (Å²) in [5.74, 6) is -0.362. The Labute approximate surface area is 197 Å². The summed E-state index contributed by atoms with van der Waals surface area (Å²) in [5.41, 5.74) is 1.87. The van der Waals surface area contributed by atoms with E-state index >= 15 is 0 Å². The second-order valence-corrected chi connectivity index (χ2v) is 10.4. The minimum atomic E-state index is -3.51. The Morgan fingerprint density at radius 1 is 0.788 bits per heavy atom. The molecule has 0 heterocycles. The molecule has 2 aromatic rings. The van der Waals surface area contributed by atoms with Crippen molar-refractivity contribution in [2.24, 2.45) is 5.92 Å². The molecule has 0 saturated carbocycles. The zero-order valence-corrected chi connectivity index (χ0v) is 20.8. The summed E-state index contributed by atoms with van der Waals surface area (Å²) in [7, 11) is -0.950. The highest BCUT2D eigenvalue weighted by Crippen LogP contribution is 2.47. The monoisotopic (exact) mass is 480 g/mol. The van der Waals surface area contributed by atoms with Crippen molar-refractivity contribution in [2.75, 3.05) is 20.4 Å². The topological polar surface area (TPSA) is 94.5 Å². The molecule has 0 spiro atoms. The fraction of sp³-hybridized carbons (Fsp3) is 0.520. The fourth-order valence-corrected chi connectivity index (χ4v) is 4.76. The number of rotatable bonds is 15. The average molecular weight is 481 g/mol. The molecule has 8 heteroatoms. The Morgan fingerprint density at radius 2 is 1.24 bits per heavy atom. The van der Waals surface area contributed by atoms with E-state index in [0.717, 1.165) is 11.1 Å². The van der Waals surface area contributed by atoms with Crippen molar-refractivity contribution in [3.63, 3.8) is 0 Å². The average Bonchev–Trinajstić information content (AvgIpc) is 2.86. The standard InChI is InChI=1S/C25H37O7P/c1-5-22(26)19(2)24(31-16-20-12-8-6-9-13-20)25(23(27)18-33(28,29-3)30-4)32-17-21-14-10-7-11-15-21/h6-15,19,22-27H,5,16-18H2,1-4H3/t19-,22-,23?,24+,25+/m1/s1. The normalized spacial score (nSPS) is 16.7. The van der Waals surface area contributed by atoms with Gasteiger partial charge in [0, 0.05) is 20.1 Å². The van der Waals surface area contributed by atoms with Crippen LogP contribution in [0.15, 0.2) is 60.7 Å². The first-order valence-electron chi connectivity index (χ1n) is 11.2. The molecule has 0 aliphatic carbocycles. The minimum Gasteiger partial charge on any atom is -0.393 e. The number of hydrogen-bond acceptors (Lipinski definition) is 7. The molecule has 0 aliphatic rings. The van der Waals surface area contributed by atoms with Crippen molar-refractivity contribution < 1.29 is 33.3 Å². The molecular weight excluding hydrogens is 443 g/mol. The van der Waals surface area contributed by atoms with Gasteiger partial charge in [0.15, 0.2) is 0 Å². The smallest absolute Gasteiger partial charge is 0.332 e. The second-order valence-electron chi connectivity index (χ2n) is 8.08. The van der Waals surface area contributed by atoms with Crippen LogP contribution in [0, 0.1) is 5.92 Å². The third-order valence-electron chi connectivity index (χ3n) is 5.78. The van der Waals surface area contributed by atoms with Crippen LogP contribution in [-0.2, 0) is 36.3 Å². The molecule has 0 fully saturated rings. The molecule has 7 nitrogen and oxygen atoms in total. The van der Waals surface area contributed by atoms with Gasteiger partial charge in [0.05, 0.1) is 37.7 Å². The van der Waals surface area contributed by atoms with Crippen LogP contribution in [0.5, 0.6) is 0 Å². The molecular formula is C25H37O7P. The van der Waals surface area contributed by atoms with Crippen LogP contribution < -0.4 is 0 Å². The van der Waals surface area contributed by atoms with E-state index in [-0.39, 0.29) is 25.3 Å². The Bertz CT molecular complexity index is 825. The lowest BCUT2D eigenvalue weighted by molar-refractivity contribution is -0.157. The molecule has 2 rings (SSSR count). The van der Waals surface area contributed by atoms with Crippen LogP contribution in [0.3, 0.4) is 0 Å². The molecule has 184 valence electrons. The highest BCUT2D eigenvalue weighted by Gasteiger charge is 2.40. The predicted molar refractivity (Wildman–Crippen MR) is 128 cm³/mol. The molecule has 0 saturated heterocycles. The van der Waals surface area contributed by atoms with E-state index < -0.39 is 32.0 Å². The first-order valence-corrected chi connectivity index (χ1v) is 12.9. The summed E-state index contributed by atoms with van der Waals surface area (Å²) in [5, 5.41) is 21.8. The lowest BCUT2D eigenvalue weighted by Crippen LogP contribution is -2.48. The van der Waals surface area contributed by atoms with Gasteiger partial charge in [-0.15, -0.1) is 0 Å². The summed E-state index contributed by atoms with van der Waals surface area (Å²) in [6, 6.07) is 19.2. The summed E-state index contributed by atoms with van der Waals surface area (Å²) in [4.78, 5) is 0. The van der Waals surface area contributed by atoms with Crippen molar-refractivity contribution >= 4 is 7.60 Å². The van der Waals surface area contributed by atoms with Crippen molar-refractivity contribution in [2.45, 2.75) is 57.9 Å². The lowest BCUT2D eigenvalue weighted by atomic mass is 9.90. The number of ether oxygens (including phenoxy) is 2. The molecule has 33 heavy (non-hydrogen) atoms. The molecule has 2 N–H and O–H groups in total. The van der Waals surface area contributed by atoms with Crippen LogP contribution >= 0.6 is 7.60 Å². The van der Waals surface area contributed by atoms with E-state index in [0.29, 0.717) is 6.42 Å². The second kappa shape index (κ2) is 14.0. The van der Waals surface area contributed by atoms with Gasteiger partial charge in [0.2, 0.25) is 0 Å². The molecule has 1 unspecified atom stereocenters. The van der Waals surface area contributed by atoms with Gasteiger partial charge >= 0.3 is 7.60 Å². The molecule has 0 aliphatic heterocycles. The van der Waals surface area contributed by atoms with E-state index in [1.54, 1.807) is 0 Å². The van der Waals surface area contributed by atoms with Gasteiger partial charge < -0.3 is 28.7 Å². The summed E-state index contributed by atoms with van der Waals surface area (Å²) in [6.45, 7) is 4.24. The zero-order valence-electron chi connectivity index (χ0n) is 19.9. The predicted octanol–water partition coefficient (Wildman–Crippen LogP) is 4.41. The number of aliphatic hydroxyl groups is 2. The third kappa shape index (κ3) is 8.62. The van der Waals surface area contributed by atoms with Crippen molar-refractivity contribution in [1.82, 2.24) is 0 Å². The van der Waals surface area contributed by atoms with Gasteiger partial charge in [0.25, 0.3) is 0 Å². The maximum absolute atomic E-state index is 12.8. The number of benzene rings is 2. The summed E-state index contributed by atoms with van der Waals surface area (Å²) >= 11 is 0. The van der Waals surface area contributed by atoms with Crippen molar-refractivity contribution in [3.05, 3.63) is 71.8 Å². The van der Waals surface area contributed by atoms with E-state index in [1.807, 2.05) is 74.5 Å². The highest BCUT2D eigenvalue weighted by molar-refractivity contribution is 7.53. The Kier molecular flexibility index (Phi) is 11.7. The first kappa shape index (κ1) is 27.7. The molecule has 0 radical (unpaired) electrons. The molecule has 2 aromatic carbocycles. The van der Waals surface area contributed by atoms with Gasteiger partial charge in [-0.2, -0.15) is 0 Å². The van der Waals surface area contributed by atoms with Crippen LogP contribution in [0.25, 0.3) is 0 Å². The van der Waals surface area contributed by atoms with Crippen molar-refractivity contribution in [1.29, 1.82) is 0 Å². The quantitative estimate of drug-likeness (QED) is 0.365. The maximum Gasteiger partial charge on any atom is 0.332 e. The number of hydrogen-bond donors (Lipinski definition) is 2. The van der Waals surface area contributed by atoms with Crippen LogP contribution in [-0.4, -0.2) is 55.0 Å². The minimum absolute atomic E-state index is 0.215. The SMILES string of the molecule is CC[C@@H](O)[C@@H](C)[C@H](OCc1ccccc1)[C@@H](OCc1ccccc1)C(O)CP(=O)(OC)OC. The molecule has 0 aromatic heterocycles. The first-order chi connectivity index (χ1) is 15.8. The number of aliphatic hydroxyl groups excluding tert-OH is 2. The van der Waals surface area contributed by atoms with Gasteiger partial charge in [-0.1, -0.05) is 74.5 Å². The van der Waals surface area contributed by atoms with Crippen molar-refractivity contribution in [3.8, 4) is 0 Å². The van der Waals surface area contributed by atoms with Crippen LogP contribution in [0.4, 0.5) is 0 Å². The van der Waals surface area contributed by atoms with Gasteiger partial charge in [-0.25, -0.2) is 0 Å². The molecule has 5 atom stereocenters. The largest absolute Gasteiger partial charge is 0.393 e. The Hall–Kier alpha value is -1.57. The summed E-state index contributed by atoms with van der Waals surface area (Å²) < 4.78 is 35.2. The van der Waals surface area contributed by atoms with E-state index in [4.69, 9.17) is 18.5 Å². The fourth-order valence-electron chi connectivity index (χ4n) is 3.65. The van der Waals surface area contributed by atoms with Gasteiger partial charge in [-0.3, -0.25) is 4.57 Å². The van der Waals surface area contributed by atoms with Crippen LogP contribution in [0.2, 0.25) is 0 Å². The Balaban J connectivity index is 2.32. The van der Waals surface area contributed by atoms with E-state index in [1.165, 1.54) is 14.2 Å². The maximum atomic E-state index is 12.8. The Morgan fingerprint density at radius 3 is 1.67 bits per heavy atom. The molecule has 0 bridgehead atoms. The zero-order chi connectivity index (χ0) is 24.3. The van der Waals surface area contributed by atoms with Gasteiger partial charge in [0.1, 0.15) is 6.10 Å². The summed E-state index contributed by atoms with van der Waals surface area (Å²) in [6.07, 6.45) is -3.20. The van der Waals surface area contributed by atoms with E-state index in [9.17, 15) is 14.8 Å².